The zero-order valence-corrected chi connectivity index (χ0v) is 27.4. The molecule has 1 fully saturated rings. The molecule has 0 radical (unpaired) electrons. The van der Waals surface area contributed by atoms with E-state index in [9.17, 15) is 30.0 Å². The number of aliphatic hydroxyl groups excluding tert-OH is 3. The third kappa shape index (κ3) is 12.1. The van der Waals surface area contributed by atoms with E-state index in [2.05, 4.69) is 11.9 Å². The lowest BCUT2D eigenvalue weighted by Crippen LogP contribution is -2.47. The number of amides is 1. The van der Waals surface area contributed by atoms with Crippen molar-refractivity contribution in [2.75, 3.05) is 26.2 Å². The molecule has 250 valence electrons. The summed E-state index contributed by atoms with van der Waals surface area (Å²) in [5.74, 6) is -1.18. The first-order valence-corrected chi connectivity index (χ1v) is 16.0. The van der Waals surface area contributed by atoms with E-state index in [0.717, 1.165) is 0 Å². The Kier molecular flexibility index (Phi) is 15.3. The highest BCUT2D eigenvalue weighted by molar-refractivity contribution is 5.70. The molecule has 0 aliphatic carbocycles. The molecule has 0 spiro atoms. The van der Waals surface area contributed by atoms with Gasteiger partial charge in [0.25, 0.3) is 0 Å². The Bertz CT molecular complexity index is 1030. The number of nitrogens with zero attached hydrogens (tertiary/aromatic N) is 1. The molecule has 2 aliphatic heterocycles. The molecule has 0 saturated carbocycles. The molecule has 1 saturated heterocycles. The number of aliphatic hydroxyl groups is 4. The number of allylic oxidation sites excluding steroid dienone is 2. The van der Waals surface area contributed by atoms with Crippen LogP contribution in [0.2, 0.25) is 0 Å². The number of cyclic esters (lactones) is 1. The molecule has 0 unspecified atom stereocenters. The van der Waals surface area contributed by atoms with Gasteiger partial charge in [-0.05, 0) is 62.2 Å². The Morgan fingerprint density at radius 1 is 1.23 bits per heavy atom. The summed E-state index contributed by atoms with van der Waals surface area (Å²) in [5.41, 5.74) is 0.0204. The molecular weight excluding hydrogens is 564 g/mol. The van der Waals surface area contributed by atoms with Crippen LogP contribution >= 0.6 is 0 Å². The average molecular weight is 621 g/mol. The molecule has 0 aromatic heterocycles. The van der Waals surface area contributed by atoms with Crippen molar-refractivity contribution < 1.29 is 39.5 Å². The van der Waals surface area contributed by atoms with E-state index in [1.807, 2.05) is 40.7 Å². The molecule has 1 amide bonds. The highest BCUT2D eigenvalue weighted by atomic mass is 16.6. The third-order valence-electron chi connectivity index (χ3n) is 8.88. The second-order valence-electron chi connectivity index (χ2n) is 12.8. The van der Waals surface area contributed by atoms with Crippen molar-refractivity contribution in [3.8, 4) is 0 Å². The van der Waals surface area contributed by atoms with Gasteiger partial charge in [-0.25, -0.2) is 4.79 Å². The van der Waals surface area contributed by atoms with Crippen LogP contribution in [0.25, 0.3) is 0 Å². The number of piperazine rings is 1. The van der Waals surface area contributed by atoms with Crippen molar-refractivity contribution in [2.45, 2.75) is 110 Å². The van der Waals surface area contributed by atoms with Crippen LogP contribution in [-0.4, -0.2) is 99.7 Å². The van der Waals surface area contributed by atoms with E-state index >= 15 is 0 Å². The van der Waals surface area contributed by atoms with E-state index in [0.29, 0.717) is 50.2 Å². The Morgan fingerprint density at radius 3 is 2.50 bits per heavy atom. The normalized spacial score (nSPS) is 29.4. The van der Waals surface area contributed by atoms with Gasteiger partial charge in [0.15, 0.2) is 0 Å². The van der Waals surface area contributed by atoms with Crippen LogP contribution in [0.4, 0.5) is 4.79 Å². The Hall–Kier alpha value is -2.50. The molecule has 2 aliphatic rings. The number of rotatable bonds is 10. The molecule has 0 bridgehead atoms. The molecule has 5 N–H and O–H groups in total. The first-order chi connectivity index (χ1) is 20.6. The van der Waals surface area contributed by atoms with Crippen LogP contribution in [0.3, 0.4) is 0 Å². The standard InChI is InChI=1S/C34H56N2O8/c1-8-28(38)25(5)26(6)29(39)21-34(7,42)15-9-10-23(3)32-24(4)12-14-30(43-33(41)36-18-16-35-17-19-36)22(2)11-13-27(37)20-31(40)44-32/h9-10,12,14-15,24-30,32,35,37-39,42H,2,8,11,13,16-21H2,1,3-7H3/b14-12+,15-9+,23-10+/t24-,25-,26+,27+,28-,29+,30-,32+,34-/m0/s1. The number of esters is 1. The van der Waals surface area contributed by atoms with Gasteiger partial charge in [-0.1, -0.05) is 58.6 Å². The lowest BCUT2D eigenvalue weighted by atomic mass is 9.81. The molecule has 2 heterocycles. The zero-order chi connectivity index (χ0) is 33.0. The van der Waals surface area contributed by atoms with E-state index in [1.54, 1.807) is 36.1 Å². The van der Waals surface area contributed by atoms with Gasteiger partial charge in [-0.15, -0.1) is 0 Å². The second-order valence-corrected chi connectivity index (χ2v) is 12.8. The number of nitrogens with one attached hydrogen (secondary N) is 1. The van der Waals surface area contributed by atoms with Crippen LogP contribution in [-0.2, 0) is 14.3 Å². The summed E-state index contributed by atoms with van der Waals surface area (Å²) in [6.07, 6.45) is 5.70. The Morgan fingerprint density at radius 2 is 1.86 bits per heavy atom. The predicted molar refractivity (Wildman–Crippen MR) is 171 cm³/mol. The molecular formula is C34H56N2O8. The van der Waals surface area contributed by atoms with Crippen molar-refractivity contribution >= 4 is 12.1 Å². The summed E-state index contributed by atoms with van der Waals surface area (Å²) in [5, 5.41) is 45.6. The minimum Gasteiger partial charge on any atom is -0.457 e. The molecule has 44 heavy (non-hydrogen) atoms. The fraction of sp³-hybridized carbons (Fsp3) is 0.706. The fourth-order valence-electron chi connectivity index (χ4n) is 5.51. The van der Waals surface area contributed by atoms with Crippen molar-refractivity contribution in [3.63, 3.8) is 0 Å². The van der Waals surface area contributed by atoms with Gasteiger partial charge in [0.1, 0.15) is 12.2 Å². The van der Waals surface area contributed by atoms with Gasteiger partial charge in [0, 0.05) is 38.5 Å². The maximum atomic E-state index is 12.8. The van der Waals surface area contributed by atoms with Gasteiger partial charge >= 0.3 is 12.1 Å². The van der Waals surface area contributed by atoms with Crippen molar-refractivity contribution in [1.82, 2.24) is 10.2 Å². The van der Waals surface area contributed by atoms with E-state index in [1.165, 1.54) is 0 Å². The van der Waals surface area contributed by atoms with Gasteiger partial charge in [-0.2, -0.15) is 0 Å². The number of carbonyl (C=O) groups excluding carboxylic acids is 2. The zero-order valence-electron chi connectivity index (χ0n) is 27.4. The van der Waals surface area contributed by atoms with E-state index in [-0.39, 0.29) is 37.0 Å². The third-order valence-corrected chi connectivity index (χ3v) is 8.88. The Balaban J connectivity index is 2.21. The molecule has 10 heteroatoms. The Labute approximate surface area is 263 Å². The van der Waals surface area contributed by atoms with Crippen molar-refractivity contribution in [1.29, 1.82) is 0 Å². The SMILES string of the molecule is C=C1CC[C@@H](O)CC(=O)O[C@H](/C(C)=C/C=C/[C@](C)(O)C[C@@H](O)[C@H](C)[C@H](C)[C@@H](O)CC)[C@@H](C)/C=C/[C@@H]1OC(=O)N1CCNCC1. The lowest BCUT2D eigenvalue weighted by molar-refractivity contribution is -0.151. The minimum atomic E-state index is -1.32. The van der Waals surface area contributed by atoms with Gasteiger partial charge in [-0.3, -0.25) is 4.79 Å². The minimum absolute atomic E-state index is 0.0890. The lowest BCUT2D eigenvalue weighted by Gasteiger charge is -2.31. The highest BCUT2D eigenvalue weighted by Crippen LogP contribution is 2.27. The summed E-state index contributed by atoms with van der Waals surface area (Å²) in [4.78, 5) is 27.2. The second kappa shape index (κ2) is 17.8. The maximum Gasteiger partial charge on any atom is 0.410 e. The maximum absolute atomic E-state index is 12.8. The van der Waals surface area contributed by atoms with Crippen LogP contribution < -0.4 is 5.32 Å². The topological polar surface area (TPSA) is 149 Å². The fourth-order valence-corrected chi connectivity index (χ4v) is 5.51. The summed E-state index contributed by atoms with van der Waals surface area (Å²) in [6, 6.07) is 0. The largest absolute Gasteiger partial charge is 0.457 e. The van der Waals surface area contributed by atoms with Crippen LogP contribution in [0, 0.1) is 17.8 Å². The molecule has 10 nitrogen and oxygen atoms in total. The number of ether oxygens (including phenoxy) is 2. The molecule has 0 aromatic carbocycles. The van der Waals surface area contributed by atoms with Gasteiger partial charge in [0.05, 0.1) is 30.3 Å². The van der Waals surface area contributed by atoms with Crippen molar-refractivity contribution in [3.05, 3.63) is 48.1 Å². The average Bonchev–Trinajstić information content (AvgIpc) is 2.98. The van der Waals surface area contributed by atoms with E-state index < -0.39 is 48.2 Å². The monoisotopic (exact) mass is 620 g/mol. The summed E-state index contributed by atoms with van der Waals surface area (Å²) in [6.45, 7) is 17.6. The smallest absolute Gasteiger partial charge is 0.410 e. The van der Waals surface area contributed by atoms with Gasteiger partial charge in [0.2, 0.25) is 0 Å². The molecule has 2 rings (SSSR count). The predicted octanol–water partition coefficient (Wildman–Crippen LogP) is 3.65. The summed E-state index contributed by atoms with van der Waals surface area (Å²) < 4.78 is 11.6. The number of carbonyl (C=O) groups is 2. The molecule has 0 aromatic rings. The van der Waals surface area contributed by atoms with Crippen LogP contribution in [0.5, 0.6) is 0 Å². The van der Waals surface area contributed by atoms with Gasteiger partial charge < -0.3 is 40.1 Å². The van der Waals surface area contributed by atoms with Crippen LogP contribution in [0.1, 0.15) is 73.6 Å². The van der Waals surface area contributed by atoms with Crippen LogP contribution in [0.15, 0.2) is 48.1 Å². The highest BCUT2D eigenvalue weighted by Gasteiger charge is 2.31. The number of hydrogen-bond acceptors (Lipinski definition) is 9. The summed E-state index contributed by atoms with van der Waals surface area (Å²) >= 11 is 0. The number of hydrogen-bond donors (Lipinski definition) is 5. The van der Waals surface area contributed by atoms with Crippen molar-refractivity contribution in [2.24, 2.45) is 17.8 Å². The quantitative estimate of drug-likeness (QED) is 0.140. The first-order valence-electron chi connectivity index (χ1n) is 16.0. The first kappa shape index (κ1) is 37.7. The summed E-state index contributed by atoms with van der Waals surface area (Å²) in [7, 11) is 0. The van der Waals surface area contributed by atoms with E-state index in [4.69, 9.17) is 9.47 Å². The molecule has 9 atom stereocenters.